The fraction of sp³-hybridized carbons (Fsp3) is 0.500. The molecule has 0 fully saturated rings. The minimum absolute atomic E-state index is 0.227. The van der Waals surface area contributed by atoms with Crippen molar-refractivity contribution in [1.29, 1.82) is 0 Å². The maximum absolute atomic E-state index is 11.5. The fourth-order valence-corrected chi connectivity index (χ4v) is 3.45. The van der Waals surface area contributed by atoms with Crippen molar-refractivity contribution in [3.05, 3.63) is 28.3 Å². The summed E-state index contributed by atoms with van der Waals surface area (Å²) in [5.41, 5.74) is 3.71. The summed E-state index contributed by atoms with van der Waals surface area (Å²) in [6.45, 7) is 7.70. The maximum Gasteiger partial charge on any atom is 0.356 e. The lowest BCUT2D eigenvalue weighted by atomic mass is 9.96. The highest BCUT2D eigenvalue weighted by Gasteiger charge is 2.25. The molecule has 0 spiro atoms. The average molecular weight is 242 g/mol. The molecule has 4 heteroatoms. The summed E-state index contributed by atoms with van der Waals surface area (Å²) in [7, 11) is -4.17. The first-order valence-corrected chi connectivity index (χ1v) is 7.12. The van der Waals surface area contributed by atoms with Gasteiger partial charge in [-0.2, -0.15) is 0 Å². The second kappa shape index (κ2) is 4.70. The molecule has 90 valence electrons. The zero-order valence-corrected chi connectivity index (χ0v) is 11.1. The fourth-order valence-electron chi connectivity index (χ4n) is 2.25. The van der Waals surface area contributed by atoms with Gasteiger partial charge in [-0.05, 0) is 48.9 Å². The Hall–Kier alpha value is -0.630. The molecule has 16 heavy (non-hydrogen) atoms. The van der Waals surface area contributed by atoms with Gasteiger partial charge in [-0.25, -0.2) is 0 Å². The summed E-state index contributed by atoms with van der Waals surface area (Å²) in [6.07, 6.45) is 1.54. The lowest BCUT2D eigenvalue weighted by Gasteiger charge is -2.18. The van der Waals surface area contributed by atoms with E-state index >= 15 is 0 Å². The van der Waals surface area contributed by atoms with Crippen LogP contribution in [0.15, 0.2) is 6.07 Å². The van der Waals surface area contributed by atoms with Crippen LogP contribution in [0.5, 0.6) is 0 Å². The van der Waals surface area contributed by atoms with Crippen molar-refractivity contribution in [3.8, 4) is 0 Å². The van der Waals surface area contributed by atoms with Gasteiger partial charge in [0.1, 0.15) is 0 Å². The van der Waals surface area contributed by atoms with Gasteiger partial charge in [0.05, 0.1) is 5.30 Å². The maximum atomic E-state index is 11.5. The normalized spacial score (nSPS) is 11.9. The first-order valence-electron chi connectivity index (χ1n) is 5.50. The Balaban J connectivity index is 3.63. The van der Waals surface area contributed by atoms with Crippen LogP contribution in [0.25, 0.3) is 0 Å². The summed E-state index contributed by atoms with van der Waals surface area (Å²) in [4.78, 5) is 18.8. The summed E-state index contributed by atoms with van der Waals surface area (Å²) in [5, 5.41) is 0.227. The van der Waals surface area contributed by atoms with Crippen molar-refractivity contribution in [3.63, 3.8) is 0 Å². The summed E-state index contributed by atoms with van der Waals surface area (Å²) >= 11 is 0. The Morgan fingerprint density at radius 2 is 1.75 bits per heavy atom. The molecular weight excluding hydrogens is 223 g/mol. The number of hydrogen-bond acceptors (Lipinski definition) is 1. The van der Waals surface area contributed by atoms with Crippen molar-refractivity contribution in [2.24, 2.45) is 0 Å². The standard InChI is InChI=1S/C12H19O3P/c1-5-10-7-8(3)12(16(13,14)15)11(6-2)9(10)4/h7H,5-6H2,1-4H3,(H2,13,14,15). The Morgan fingerprint density at radius 3 is 2.12 bits per heavy atom. The second-order valence-electron chi connectivity index (χ2n) is 4.06. The molecule has 3 nitrogen and oxygen atoms in total. The van der Waals surface area contributed by atoms with Crippen LogP contribution in [0.3, 0.4) is 0 Å². The molecule has 0 bridgehead atoms. The topological polar surface area (TPSA) is 57.5 Å². The number of aryl methyl sites for hydroxylation is 2. The molecule has 1 aromatic carbocycles. The van der Waals surface area contributed by atoms with E-state index < -0.39 is 7.60 Å². The van der Waals surface area contributed by atoms with Crippen molar-refractivity contribution in [2.75, 3.05) is 0 Å². The SMILES string of the molecule is CCc1cc(C)c(P(=O)(O)O)c(CC)c1C. The summed E-state index contributed by atoms with van der Waals surface area (Å²) in [5.74, 6) is 0. The molecule has 0 amide bonds. The average Bonchev–Trinajstić information content (AvgIpc) is 2.18. The minimum Gasteiger partial charge on any atom is -0.321 e. The van der Waals surface area contributed by atoms with Gasteiger partial charge < -0.3 is 9.79 Å². The van der Waals surface area contributed by atoms with E-state index in [0.717, 1.165) is 17.5 Å². The highest BCUT2D eigenvalue weighted by molar-refractivity contribution is 7.60. The van der Waals surface area contributed by atoms with Crippen molar-refractivity contribution in [2.45, 2.75) is 40.5 Å². The predicted octanol–water partition coefficient (Wildman–Crippen LogP) is 2.23. The Labute approximate surface area is 96.7 Å². The van der Waals surface area contributed by atoms with Gasteiger partial charge in [0, 0.05) is 0 Å². The van der Waals surface area contributed by atoms with Crippen LogP contribution in [-0.4, -0.2) is 9.79 Å². The predicted molar refractivity (Wildman–Crippen MR) is 66.4 cm³/mol. The molecule has 0 saturated carbocycles. The van der Waals surface area contributed by atoms with Crippen molar-refractivity contribution >= 4 is 12.9 Å². The highest BCUT2D eigenvalue weighted by atomic mass is 31.2. The van der Waals surface area contributed by atoms with Gasteiger partial charge in [0.15, 0.2) is 0 Å². The third kappa shape index (κ3) is 2.37. The van der Waals surface area contributed by atoms with E-state index in [9.17, 15) is 14.4 Å². The quantitative estimate of drug-likeness (QED) is 0.799. The molecule has 0 aliphatic carbocycles. The van der Waals surface area contributed by atoms with E-state index in [4.69, 9.17) is 0 Å². The van der Waals surface area contributed by atoms with E-state index in [1.54, 1.807) is 6.92 Å². The Kier molecular flexibility index (Phi) is 3.95. The Bertz CT molecular complexity index is 446. The summed E-state index contributed by atoms with van der Waals surface area (Å²) in [6, 6.07) is 1.89. The van der Waals surface area contributed by atoms with Crippen LogP contribution in [0.1, 0.15) is 36.1 Å². The monoisotopic (exact) mass is 242 g/mol. The third-order valence-electron chi connectivity index (χ3n) is 3.01. The molecular formula is C12H19O3P. The van der Waals surface area contributed by atoms with Gasteiger partial charge in [-0.15, -0.1) is 0 Å². The molecule has 0 saturated heterocycles. The van der Waals surface area contributed by atoms with Crippen LogP contribution in [0, 0.1) is 13.8 Å². The van der Waals surface area contributed by atoms with E-state index in [1.807, 2.05) is 19.9 Å². The van der Waals surface area contributed by atoms with Crippen LogP contribution in [0.4, 0.5) is 0 Å². The first-order chi connectivity index (χ1) is 7.32. The zero-order valence-electron chi connectivity index (χ0n) is 10.2. The van der Waals surface area contributed by atoms with Crippen LogP contribution in [0.2, 0.25) is 0 Å². The zero-order chi connectivity index (χ0) is 12.5. The van der Waals surface area contributed by atoms with E-state index in [1.165, 1.54) is 5.56 Å². The number of rotatable bonds is 3. The van der Waals surface area contributed by atoms with Gasteiger partial charge in [0.25, 0.3) is 0 Å². The molecule has 0 heterocycles. The smallest absolute Gasteiger partial charge is 0.321 e. The minimum atomic E-state index is -4.17. The van der Waals surface area contributed by atoms with Crippen molar-refractivity contribution < 1.29 is 14.4 Å². The molecule has 2 N–H and O–H groups in total. The second-order valence-corrected chi connectivity index (χ2v) is 5.59. The molecule has 1 rings (SSSR count). The van der Waals surface area contributed by atoms with Gasteiger partial charge >= 0.3 is 7.60 Å². The third-order valence-corrected chi connectivity index (χ3v) is 4.22. The number of benzene rings is 1. The van der Waals surface area contributed by atoms with Crippen molar-refractivity contribution in [1.82, 2.24) is 0 Å². The molecule has 0 aliphatic rings. The first kappa shape index (κ1) is 13.4. The molecule has 0 radical (unpaired) electrons. The van der Waals surface area contributed by atoms with Gasteiger partial charge in [-0.3, -0.25) is 4.57 Å². The van der Waals surface area contributed by atoms with Crippen LogP contribution in [-0.2, 0) is 17.4 Å². The lowest BCUT2D eigenvalue weighted by Crippen LogP contribution is -2.17. The van der Waals surface area contributed by atoms with E-state index in [-0.39, 0.29) is 5.30 Å². The van der Waals surface area contributed by atoms with Gasteiger partial charge in [-0.1, -0.05) is 19.9 Å². The highest BCUT2D eigenvalue weighted by Crippen LogP contribution is 2.38. The molecule has 0 aromatic heterocycles. The van der Waals surface area contributed by atoms with E-state index in [2.05, 4.69) is 6.92 Å². The molecule has 0 unspecified atom stereocenters. The van der Waals surface area contributed by atoms with Gasteiger partial charge in [0.2, 0.25) is 0 Å². The number of hydrogen-bond donors (Lipinski definition) is 2. The lowest BCUT2D eigenvalue weighted by molar-refractivity contribution is 0.387. The largest absolute Gasteiger partial charge is 0.356 e. The van der Waals surface area contributed by atoms with Crippen LogP contribution < -0.4 is 5.30 Å². The summed E-state index contributed by atoms with van der Waals surface area (Å²) < 4.78 is 11.5. The molecule has 0 atom stereocenters. The Morgan fingerprint density at radius 1 is 1.19 bits per heavy atom. The van der Waals surface area contributed by atoms with E-state index in [0.29, 0.717) is 12.0 Å². The molecule has 1 aromatic rings. The molecule has 0 aliphatic heterocycles. The van der Waals surface area contributed by atoms with Crippen LogP contribution >= 0.6 is 7.60 Å².